The highest BCUT2D eigenvalue weighted by Gasteiger charge is 1.06. The van der Waals surface area contributed by atoms with Crippen LogP contribution in [0.2, 0.25) is 0 Å². The molecule has 0 aliphatic heterocycles. The van der Waals surface area contributed by atoms with Crippen LogP contribution < -0.4 is 9.95 Å². The second-order valence-corrected chi connectivity index (χ2v) is 0.163. The molecule has 0 rings (SSSR count). The van der Waals surface area contributed by atoms with Gasteiger partial charge in [0.1, 0.15) is 9.95 Å². The zero-order chi connectivity index (χ0) is 5.41. The number of nitrogens with zero attached hydrogens (tertiary/aromatic N) is 4. The van der Waals surface area contributed by atoms with Crippen LogP contribution in [-0.4, -0.2) is 0 Å². The Morgan fingerprint density at radius 2 is 1.00 bits per heavy atom. The Balaban J connectivity index is 0. The Kier molecular flexibility index (Phi) is 95.0. The third-order valence-corrected chi connectivity index (χ3v) is 0. The molecule has 6 heteroatoms. The monoisotopic (exact) mass is 88.0 g/mol. The van der Waals surface area contributed by atoms with Crippen molar-refractivity contribution in [3.63, 3.8) is 0 Å². The molecule has 0 saturated heterocycles. The number of rotatable bonds is 0. The molecular weight excluding hydrogens is 88.0 g/mol. The third-order valence-electron chi connectivity index (χ3n) is 0. The molecule has 32 valence electrons. The summed E-state index contributed by atoms with van der Waals surface area (Å²) in [5.41, 5.74) is 13.3. The summed E-state index contributed by atoms with van der Waals surface area (Å²) < 4.78 is 0. The van der Waals surface area contributed by atoms with Crippen LogP contribution in [0.4, 0.5) is 0 Å². The van der Waals surface area contributed by atoms with Crippen molar-refractivity contribution in [3.8, 4) is 0 Å². The number of hydrogen-bond acceptors (Lipinski definition) is 2. The van der Waals surface area contributed by atoms with E-state index in [-0.39, 0.29) is 0 Å². The van der Waals surface area contributed by atoms with Crippen molar-refractivity contribution < 1.29 is 0 Å². The molecule has 0 aliphatic rings. The van der Waals surface area contributed by atoms with Crippen LogP contribution >= 0.6 is 0 Å². The van der Waals surface area contributed by atoms with E-state index in [4.69, 9.17) is 20.9 Å². The lowest BCUT2D eigenvalue weighted by Gasteiger charge is -0.999. The largest absolute Gasteiger partial charge is 0.294 e. The molecular formula is N4O2. The fourth-order valence-corrected chi connectivity index (χ4v) is 0. The molecule has 0 bridgehead atoms. The number of nitroso groups, excluding NO2 is 2. The van der Waals surface area contributed by atoms with Gasteiger partial charge in [-0.25, -0.2) is 0 Å². The Morgan fingerprint density at radius 3 is 1.00 bits per heavy atom. The van der Waals surface area contributed by atoms with Gasteiger partial charge in [-0.3, -0.25) is 11.1 Å². The lowest BCUT2D eigenvalue weighted by Crippen LogP contribution is -1.21. The molecule has 0 spiro atoms. The predicted octanol–water partition coefficient (Wildman–Crippen LogP) is -0.317. The highest BCUT2D eigenvalue weighted by Crippen LogP contribution is 0.908. The highest BCUT2D eigenvalue weighted by atomic mass is 16.2. The van der Waals surface area contributed by atoms with E-state index < -0.39 is 0 Å². The van der Waals surface area contributed by atoms with E-state index in [1.165, 1.54) is 9.95 Å². The maximum absolute atomic E-state index is 8.11. The van der Waals surface area contributed by atoms with Gasteiger partial charge in [0.2, 0.25) is 0 Å². The van der Waals surface area contributed by atoms with Crippen molar-refractivity contribution in [2.24, 2.45) is 0 Å². The van der Waals surface area contributed by atoms with Crippen LogP contribution in [0.15, 0.2) is 0 Å². The van der Waals surface area contributed by atoms with E-state index in [0.717, 1.165) is 0 Å². The normalized spacial score (nSPS) is 2.67. The summed E-state index contributed by atoms with van der Waals surface area (Å²) in [6.45, 7) is 0. The van der Waals surface area contributed by atoms with E-state index in [1.807, 2.05) is 0 Å². The molecule has 0 aromatic heterocycles. The van der Waals surface area contributed by atoms with Crippen LogP contribution in [0.1, 0.15) is 0 Å². The van der Waals surface area contributed by atoms with E-state index in [1.54, 1.807) is 0 Å². The zero-order valence-corrected chi connectivity index (χ0v) is 2.61. The van der Waals surface area contributed by atoms with Gasteiger partial charge >= 0.3 is 0 Å². The van der Waals surface area contributed by atoms with Gasteiger partial charge in [0, 0.05) is 0 Å². The molecule has 0 saturated carbocycles. The molecule has 0 N–H and O–H groups in total. The van der Waals surface area contributed by atoms with E-state index in [9.17, 15) is 0 Å². The summed E-state index contributed by atoms with van der Waals surface area (Å²) in [6, 6.07) is 0. The molecule has 6 heavy (non-hydrogen) atoms. The lowest BCUT2D eigenvalue weighted by molar-refractivity contribution is 1.57. The maximum Gasteiger partial charge on any atom is 0.151 e. The molecule has 0 atom stereocenters. The molecule has 0 heterocycles. The minimum Gasteiger partial charge on any atom is -0.294 e. The van der Waals surface area contributed by atoms with Gasteiger partial charge in [-0.15, -0.1) is 0 Å². The van der Waals surface area contributed by atoms with Crippen molar-refractivity contribution in [3.05, 3.63) is 20.9 Å². The smallest absolute Gasteiger partial charge is 0.151 e. The molecule has 0 aromatic rings. The van der Waals surface area contributed by atoms with E-state index >= 15 is 0 Å². The Labute approximate surface area is 32.1 Å². The van der Waals surface area contributed by atoms with Gasteiger partial charge in [0.25, 0.3) is 0 Å². The summed E-state index contributed by atoms with van der Waals surface area (Å²) in [5, 5.41) is 0. The quantitative estimate of drug-likeness (QED) is 0.299. The number of hydrogen-bond donors (Lipinski definition) is 0. The van der Waals surface area contributed by atoms with Crippen molar-refractivity contribution in [1.82, 2.24) is 9.95 Å². The highest BCUT2D eigenvalue weighted by molar-refractivity contribution is 3.93. The Bertz CT molecular complexity index is 59.5. The van der Waals surface area contributed by atoms with Gasteiger partial charge in [-0.2, -0.15) is 0 Å². The topological polar surface area (TPSA) is 107 Å². The van der Waals surface area contributed by atoms with Crippen LogP contribution in [0.25, 0.3) is 11.1 Å². The summed E-state index contributed by atoms with van der Waals surface area (Å²) in [5.74, 6) is 0. The summed E-state index contributed by atoms with van der Waals surface area (Å²) >= 11 is 0. The van der Waals surface area contributed by atoms with E-state index in [2.05, 4.69) is 0 Å². The van der Waals surface area contributed by atoms with Crippen LogP contribution in [0.3, 0.4) is 0 Å². The van der Waals surface area contributed by atoms with Gasteiger partial charge in [0.05, 0.1) is 0 Å². The minimum absolute atomic E-state index is 1.25. The SMILES string of the molecule is [N-]=[N+]=O.[N-]=[N+]=O. The minimum atomic E-state index is 1.25. The van der Waals surface area contributed by atoms with Gasteiger partial charge < -0.3 is 0 Å². The molecule has 6 nitrogen and oxygen atoms in total. The maximum atomic E-state index is 8.11. The average molecular weight is 88.0 g/mol. The van der Waals surface area contributed by atoms with Gasteiger partial charge in [-0.05, 0) is 0 Å². The van der Waals surface area contributed by atoms with Crippen molar-refractivity contribution in [1.29, 1.82) is 0 Å². The molecule has 0 aliphatic carbocycles. The first-order chi connectivity index (χ1) is 2.83. The van der Waals surface area contributed by atoms with Gasteiger partial charge in [0.15, 0.2) is 9.81 Å². The fourth-order valence-electron chi connectivity index (χ4n) is 0. The van der Waals surface area contributed by atoms with Crippen molar-refractivity contribution in [2.45, 2.75) is 0 Å². The average Bonchev–Trinajstić information content (AvgIpc) is 1.39. The Hall–Kier alpha value is -1.38. The first-order valence-corrected chi connectivity index (χ1v) is 0.765. The fraction of sp³-hybridized carbons (Fsp3) is 0. The van der Waals surface area contributed by atoms with Crippen LogP contribution in [0.5, 0.6) is 0 Å². The second kappa shape index (κ2) is 64.6. The van der Waals surface area contributed by atoms with Crippen molar-refractivity contribution in [2.75, 3.05) is 0 Å². The molecule has 0 unspecified atom stereocenters. The zero-order valence-electron chi connectivity index (χ0n) is 2.61. The van der Waals surface area contributed by atoms with Crippen LogP contribution in [0, 0.1) is 9.81 Å². The molecule has 0 fully saturated rings. The van der Waals surface area contributed by atoms with Crippen LogP contribution in [-0.2, 0) is 0 Å². The summed E-state index contributed by atoms with van der Waals surface area (Å²) in [6.07, 6.45) is 0. The Morgan fingerprint density at radius 1 is 1.00 bits per heavy atom. The molecule has 0 aromatic carbocycles. The molecule has 0 amide bonds. The lowest BCUT2D eigenvalue weighted by atomic mass is 13.2. The van der Waals surface area contributed by atoms with E-state index in [0.29, 0.717) is 0 Å². The first-order valence-electron chi connectivity index (χ1n) is 0.765. The predicted molar refractivity (Wildman–Crippen MR) is 17.7 cm³/mol. The third kappa shape index (κ3) is 3.61. The molecule has 0 radical (unpaired) electrons. The van der Waals surface area contributed by atoms with Crippen molar-refractivity contribution >= 4 is 0 Å². The summed E-state index contributed by atoms with van der Waals surface area (Å²) in [7, 11) is 0. The first kappa shape index (κ1) is 8.82. The van der Waals surface area contributed by atoms with Gasteiger partial charge in [-0.1, -0.05) is 0 Å². The standard InChI is InChI=1S/2N2O/c2*1-2-3. The second-order valence-electron chi connectivity index (χ2n) is 0.163. The summed E-state index contributed by atoms with van der Waals surface area (Å²) in [4.78, 5) is 18.7.